The van der Waals surface area contributed by atoms with E-state index in [0.29, 0.717) is 17.2 Å². The highest BCUT2D eigenvalue weighted by Gasteiger charge is 2.46. The third-order valence-corrected chi connectivity index (χ3v) is 11.2. The maximum absolute atomic E-state index is 13.9. The lowest BCUT2D eigenvalue weighted by molar-refractivity contribution is -0.142. The molecule has 2 saturated heterocycles. The van der Waals surface area contributed by atoms with Crippen LogP contribution >= 0.6 is 23.2 Å². The molecule has 3 aromatic rings. The number of halogens is 2. The van der Waals surface area contributed by atoms with Gasteiger partial charge in [0.15, 0.2) is 0 Å². The van der Waals surface area contributed by atoms with Gasteiger partial charge in [-0.05, 0) is 74.2 Å². The molecule has 2 amide bonds. The van der Waals surface area contributed by atoms with Gasteiger partial charge in [0.1, 0.15) is 12.1 Å². The second-order valence-corrected chi connectivity index (χ2v) is 14.8. The Morgan fingerprint density at radius 2 is 1.75 bits per heavy atom. The minimum Gasteiger partial charge on any atom is -0.480 e. The van der Waals surface area contributed by atoms with Crippen molar-refractivity contribution in [3.63, 3.8) is 0 Å². The van der Waals surface area contributed by atoms with E-state index < -0.39 is 39.9 Å². The van der Waals surface area contributed by atoms with Crippen LogP contribution in [0.5, 0.6) is 0 Å². The first kappa shape index (κ1) is 35.3. The molecule has 3 N–H and O–H groups in total. The van der Waals surface area contributed by atoms with Gasteiger partial charge in [-0.3, -0.25) is 19.5 Å². The topological polar surface area (TPSA) is 173 Å². The van der Waals surface area contributed by atoms with Gasteiger partial charge in [-0.15, -0.1) is 0 Å². The fraction of sp³-hybridized carbons (Fsp3) is 0.364. The maximum atomic E-state index is 13.9. The first-order valence-corrected chi connectivity index (χ1v) is 17.6. The van der Waals surface area contributed by atoms with E-state index in [9.17, 15) is 33.2 Å². The number of piperidine rings is 1. The number of nitrogens with zero attached hydrogens (tertiary/aromatic N) is 4. The quantitative estimate of drug-likeness (QED) is 0.279. The number of aromatic nitrogens is 1. The number of anilines is 1. The summed E-state index contributed by atoms with van der Waals surface area (Å²) in [4.78, 5) is 44.7. The van der Waals surface area contributed by atoms with Crippen LogP contribution < -0.4 is 10.6 Å². The molecule has 5 rings (SSSR count). The normalized spacial score (nSPS) is 19.7. The van der Waals surface area contributed by atoms with E-state index in [1.807, 2.05) is 6.07 Å². The predicted molar refractivity (Wildman–Crippen MR) is 179 cm³/mol. The van der Waals surface area contributed by atoms with E-state index in [1.54, 1.807) is 24.3 Å². The summed E-state index contributed by atoms with van der Waals surface area (Å²) in [5, 5.41) is 24.8. The van der Waals surface area contributed by atoms with E-state index in [2.05, 4.69) is 27.4 Å². The molecular weight excluding hydrogens is 679 g/mol. The molecule has 2 aliphatic heterocycles. The Hall–Kier alpha value is -4.06. The Morgan fingerprint density at radius 3 is 2.38 bits per heavy atom. The van der Waals surface area contributed by atoms with Gasteiger partial charge < -0.3 is 15.7 Å². The summed E-state index contributed by atoms with van der Waals surface area (Å²) < 4.78 is 28.9. The van der Waals surface area contributed by atoms with Crippen molar-refractivity contribution >= 4 is 56.7 Å². The number of sulfonamides is 1. The minimum atomic E-state index is -4.21. The Balaban J connectivity index is 1.32. The molecule has 0 spiro atoms. The average Bonchev–Trinajstić information content (AvgIpc) is 3.52. The molecule has 1 aromatic heterocycles. The summed E-state index contributed by atoms with van der Waals surface area (Å²) in [6.45, 7) is 3.78. The van der Waals surface area contributed by atoms with Crippen molar-refractivity contribution in [2.75, 3.05) is 25.0 Å². The molecule has 12 nitrogen and oxygen atoms in total. The van der Waals surface area contributed by atoms with E-state index in [4.69, 9.17) is 23.2 Å². The van der Waals surface area contributed by atoms with Gasteiger partial charge >= 0.3 is 5.97 Å². The monoisotopic (exact) mass is 712 g/mol. The molecule has 0 aliphatic carbocycles. The van der Waals surface area contributed by atoms with Crippen LogP contribution in [0.25, 0.3) is 0 Å². The molecule has 0 bridgehead atoms. The second kappa shape index (κ2) is 15.0. The highest BCUT2D eigenvalue weighted by Crippen LogP contribution is 2.32. The first-order chi connectivity index (χ1) is 22.9. The van der Waals surface area contributed by atoms with E-state index >= 15 is 0 Å². The summed E-state index contributed by atoms with van der Waals surface area (Å²) in [5.41, 5.74) is 1.17. The largest absolute Gasteiger partial charge is 0.480 e. The highest BCUT2D eigenvalue weighted by atomic mass is 35.5. The molecule has 3 atom stereocenters. The number of carbonyl (C=O) groups is 3. The van der Waals surface area contributed by atoms with Crippen molar-refractivity contribution in [3.05, 3.63) is 87.7 Å². The standard InChI is InChI=1S/C33H34Cl2N6O6S/c1-20-9-11-40(12-10-20)24-15-29(41(19-24)48(46,47)25-4-2-3-22(13-25)16-36)31(42)39-28(33(44)45)14-21-5-7-23(8-6-21)38-32(43)30-26(34)17-37-18-27(30)35/h2-8,13,17-18,20,24,28-29H,9-12,14-15,19H2,1H3,(H,38,43)(H,39,42)(H,44,45)/t24?,28-,29-/m0/s1. The van der Waals surface area contributed by atoms with Gasteiger partial charge in [0.05, 0.1) is 32.1 Å². The van der Waals surface area contributed by atoms with Crippen LogP contribution in [0.15, 0.2) is 65.8 Å². The van der Waals surface area contributed by atoms with E-state index in [-0.39, 0.29) is 51.5 Å². The molecule has 2 aliphatic rings. The van der Waals surface area contributed by atoms with Crippen LogP contribution in [0.2, 0.25) is 10.0 Å². The number of hydrogen-bond donors (Lipinski definition) is 3. The number of benzene rings is 2. The number of rotatable bonds is 10. The fourth-order valence-electron chi connectivity index (χ4n) is 6.06. The van der Waals surface area contributed by atoms with Crippen LogP contribution in [0.1, 0.15) is 47.7 Å². The van der Waals surface area contributed by atoms with Crippen molar-refractivity contribution < 1.29 is 27.9 Å². The fourth-order valence-corrected chi connectivity index (χ4v) is 8.28. The van der Waals surface area contributed by atoms with Gasteiger partial charge in [-0.2, -0.15) is 9.57 Å². The molecule has 3 heterocycles. The lowest BCUT2D eigenvalue weighted by Crippen LogP contribution is -2.51. The number of likely N-dealkylation sites (tertiary alicyclic amines) is 1. The number of nitriles is 1. The molecule has 2 fully saturated rings. The summed E-state index contributed by atoms with van der Waals surface area (Å²) in [6, 6.07) is 11.2. The molecule has 1 unspecified atom stereocenters. The lowest BCUT2D eigenvalue weighted by atomic mass is 9.97. The number of carboxylic acid groups (broad SMARTS) is 1. The molecule has 252 valence electrons. The molecular formula is C33H34Cl2N6O6S. The number of pyridine rings is 1. The third-order valence-electron chi connectivity index (χ3n) is 8.79. The zero-order valence-electron chi connectivity index (χ0n) is 26.0. The van der Waals surface area contributed by atoms with Gasteiger partial charge in [0, 0.05) is 37.1 Å². The van der Waals surface area contributed by atoms with Crippen molar-refractivity contribution in [1.29, 1.82) is 5.26 Å². The smallest absolute Gasteiger partial charge is 0.326 e. The maximum Gasteiger partial charge on any atom is 0.326 e. The number of amides is 2. The Labute approximate surface area is 288 Å². The van der Waals surface area contributed by atoms with Crippen LogP contribution in [0, 0.1) is 17.2 Å². The van der Waals surface area contributed by atoms with Crippen LogP contribution in [-0.2, 0) is 26.0 Å². The summed E-state index contributed by atoms with van der Waals surface area (Å²) in [7, 11) is -4.21. The third kappa shape index (κ3) is 7.97. The minimum absolute atomic E-state index is 0.0592. The van der Waals surface area contributed by atoms with Crippen molar-refractivity contribution in [2.24, 2.45) is 5.92 Å². The predicted octanol–water partition coefficient (Wildman–Crippen LogP) is 4.19. The number of nitrogens with one attached hydrogen (secondary N) is 2. The average molecular weight is 714 g/mol. The summed E-state index contributed by atoms with van der Waals surface area (Å²) in [6.07, 6.45) is 4.61. The number of carboxylic acids is 1. The Morgan fingerprint density at radius 1 is 1.08 bits per heavy atom. The molecule has 48 heavy (non-hydrogen) atoms. The van der Waals surface area contributed by atoms with Crippen molar-refractivity contribution in [1.82, 2.24) is 19.5 Å². The second-order valence-electron chi connectivity index (χ2n) is 12.1. The van der Waals surface area contributed by atoms with Gasteiger partial charge in [0.2, 0.25) is 15.9 Å². The summed E-state index contributed by atoms with van der Waals surface area (Å²) in [5.74, 6) is -2.01. The Bertz CT molecular complexity index is 1820. The number of hydrogen-bond acceptors (Lipinski definition) is 8. The molecule has 2 aromatic carbocycles. The van der Waals surface area contributed by atoms with Crippen molar-refractivity contribution in [2.45, 2.75) is 55.6 Å². The zero-order valence-corrected chi connectivity index (χ0v) is 28.3. The molecule has 0 saturated carbocycles. The molecule has 0 radical (unpaired) electrons. The van der Waals surface area contributed by atoms with E-state index in [0.717, 1.165) is 30.2 Å². The molecule has 15 heteroatoms. The number of aliphatic carboxylic acids is 1. The van der Waals surface area contributed by atoms with Gasteiger partial charge in [0.25, 0.3) is 5.91 Å². The summed E-state index contributed by atoms with van der Waals surface area (Å²) >= 11 is 12.1. The van der Waals surface area contributed by atoms with E-state index in [1.165, 1.54) is 36.7 Å². The van der Waals surface area contributed by atoms with Crippen LogP contribution in [-0.4, -0.2) is 83.3 Å². The van der Waals surface area contributed by atoms with Gasteiger partial charge in [-0.25, -0.2) is 13.2 Å². The number of carbonyl (C=O) groups excluding carboxylic acids is 2. The SMILES string of the molecule is CC1CCN(C2C[C@@H](C(=O)N[C@@H](Cc3ccc(NC(=O)c4c(Cl)cncc4Cl)cc3)C(=O)O)N(S(=O)(=O)c3cccc(C#N)c3)C2)CC1. The first-order valence-electron chi connectivity index (χ1n) is 15.4. The zero-order chi connectivity index (χ0) is 34.6. The van der Waals surface area contributed by atoms with Gasteiger partial charge in [-0.1, -0.05) is 48.3 Å². The highest BCUT2D eigenvalue weighted by molar-refractivity contribution is 7.89. The van der Waals surface area contributed by atoms with Crippen LogP contribution in [0.3, 0.4) is 0 Å². The van der Waals surface area contributed by atoms with Crippen molar-refractivity contribution in [3.8, 4) is 6.07 Å². The Kier molecular flexibility index (Phi) is 11.0. The van der Waals surface area contributed by atoms with Crippen LogP contribution in [0.4, 0.5) is 5.69 Å². The lowest BCUT2D eigenvalue weighted by Gasteiger charge is -2.34.